The molecule has 0 fully saturated rings. The summed E-state index contributed by atoms with van der Waals surface area (Å²) in [4.78, 5) is 12.9. The third kappa shape index (κ3) is 4.45. The molecule has 4 heteroatoms. The van der Waals surface area contributed by atoms with Crippen LogP contribution in [0.25, 0.3) is 0 Å². The SMILES string of the molecule is CCNCC(C)C(=O)Cc1cc(Br)cs1. The number of nitrogens with one attached hydrogen (secondary N) is 1. The molecule has 0 saturated heterocycles. The predicted molar refractivity (Wildman–Crippen MR) is 68.4 cm³/mol. The van der Waals surface area contributed by atoms with Gasteiger partial charge in [-0.15, -0.1) is 11.3 Å². The van der Waals surface area contributed by atoms with Crippen molar-refractivity contribution < 1.29 is 4.79 Å². The van der Waals surface area contributed by atoms with Crippen LogP contribution in [0.2, 0.25) is 0 Å². The fraction of sp³-hybridized carbons (Fsp3) is 0.545. The molecule has 0 amide bonds. The van der Waals surface area contributed by atoms with Gasteiger partial charge in [-0.05, 0) is 28.5 Å². The van der Waals surface area contributed by atoms with Gasteiger partial charge in [-0.2, -0.15) is 0 Å². The number of thiophene rings is 1. The molecule has 1 rings (SSSR count). The molecule has 0 spiro atoms. The smallest absolute Gasteiger partial charge is 0.142 e. The second-order valence-electron chi connectivity index (χ2n) is 3.58. The van der Waals surface area contributed by atoms with E-state index < -0.39 is 0 Å². The highest BCUT2D eigenvalue weighted by atomic mass is 79.9. The number of hydrogen-bond donors (Lipinski definition) is 1. The zero-order valence-corrected chi connectivity index (χ0v) is 11.5. The fourth-order valence-corrected chi connectivity index (χ4v) is 2.73. The Balaban J connectivity index is 2.41. The van der Waals surface area contributed by atoms with Gasteiger partial charge in [-0.25, -0.2) is 0 Å². The van der Waals surface area contributed by atoms with E-state index in [0.29, 0.717) is 12.2 Å². The fourth-order valence-electron chi connectivity index (χ4n) is 1.27. The number of hydrogen-bond acceptors (Lipinski definition) is 3. The maximum Gasteiger partial charge on any atom is 0.142 e. The van der Waals surface area contributed by atoms with E-state index in [1.807, 2.05) is 25.3 Å². The molecule has 1 atom stereocenters. The van der Waals surface area contributed by atoms with Gasteiger partial charge < -0.3 is 5.32 Å². The Labute approximate surface area is 103 Å². The van der Waals surface area contributed by atoms with Crippen molar-refractivity contribution in [3.63, 3.8) is 0 Å². The van der Waals surface area contributed by atoms with Crippen LogP contribution in [0.4, 0.5) is 0 Å². The minimum absolute atomic E-state index is 0.103. The maximum absolute atomic E-state index is 11.8. The van der Waals surface area contributed by atoms with Gasteiger partial charge in [0.15, 0.2) is 0 Å². The van der Waals surface area contributed by atoms with Gasteiger partial charge in [0.1, 0.15) is 5.78 Å². The Bertz CT molecular complexity index is 324. The topological polar surface area (TPSA) is 29.1 Å². The lowest BCUT2D eigenvalue weighted by molar-refractivity contribution is -0.121. The first-order chi connectivity index (χ1) is 7.13. The first-order valence-corrected chi connectivity index (χ1v) is 6.77. The molecule has 0 aliphatic heterocycles. The van der Waals surface area contributed by atoms with Crippen LogP contribution in [0.5, 0.6) is 0 Å². The van der Waals surface area contributed by atoms with Crippen molar-refractivity contribution in [3.8, 4) is 0 Å². The molecule has 0 saturated carbocycles. The number of carbonyl (C=O) groups is 1. The standard InChI is InChI=1S/C11H16BrNOS/c1-3-13-6-8(2)11(14)5-10-4-9(12)7-15-10/h4,7-8,13H,3,5-6H2,1-2H3. The third-order valence-corrected chi connectivity index (χ3v) is 3.92. The van der Waals surface area contributed by atoms with Crippen LogP contribution in [0.15, 0.2) is 15.9 Å². The van der Waals surface area contributed by atoms with Gasteiger partial charge in [0.25, 0.3) is 0 Å². The molecule has 1 aromatic rings. The number of carbonyl (C=O) groups excluding carboxylic acids is 1. The van der Waals surface area contributed by atoms with Crippen molar-refractivity contribution in [2.75, 3.05) is 13.1 Å². The molecule has 0 aromatic carbocycles. The van der Waals surface area contributed by atoms with Crippen LogP contribution in [-0.4, -0.2) is 18.9 Å². The molecule has 1 N–H and O–H groups in total. The second-order valence-corrected chi connectivity index (χ2v) is 5.49. The predicted octanol–water partition coefficient (Wildman–Crippen LogP) is 2.87. The summed E-state index contributed by atoms with van der Waals surface area (Å²) in [5.41, 5.74) is 0. The highest BCUT2D eigenvalue weighted by molar-refractivity contribution is 9.10. The molecule has 0 radical (unpaired) electrons. The Hall–Kier alpha value is -0.190. The lowest BCUT2D eigenvalue weighted by atomic mass is 10.0. The monoisotopic (exact) mass is 289 g/mol. The van der Waals surface area contributed by atoms with Crippen molar-refractivity contribution in [3.05, 3.63) is 20.8 Å². The van der Waals surface area contributed by atoms with Crippen LogP contribution < -0.4 is 5.32 Å². The normalized spacial score (nSPS) is 12.7. The quantitative estimate of drug-likeness (QED) is 0.873. The first-order valence-electron chi connectivity index (χ1n) is 5.09. The molecule has 0 aliphatic rings. The van der Waals surface area contributed by atoms with Gasteiger partial charge >= 0.3 is 0 Å². The Morgan fingerprint density at radius 3 is 2.93 bits per heavy atom. The zero-order chi connectivity index (χ0) is 11.3. The summed E-state index contributed by atoms with van der Waals surface area (Å²) in [6.07, 6.45) is 0.558. The first kappa shape index (κ1) is 12.9. The highest BCUT2D eigenvalue weighted by Crippen LogP contribution is 2.21. The van der Waals surface area contributed by atoms with Crippen molar-refractivity contribution >= 4 is 33.0 Å². The summed E-state index contributed by atoms with van der Waals surface area (Å²) >= 11 is 5.02. The van der Waals surface area contributed by atoms with E-state index in [4.69, 9.17) is 0 Å². The minimum Gasteiger partial charge on any atom is -0.316 e. The van der Waals surface area contributed by atoms with Crippen LogP contribution in [0.3, 0.4) is 0 Å². The van der Waals surface area contributed by atoms with Gasteiger partial charge in [0, 0.05) is 33.6 Å². The average molecular weight is 290 g/mol. The number of halogens is 1. The van der Waals surface area contributed by atoms with Crippen LogP contribution in [-0.2, 0) is 11.2 Å². The molecule has 1 aromatic heterocycles. The number of Topliss-reactive ketones (excluding diaryl/α,β-unsaturated/α-hetero) is 1. The number of rotatable bonds is 6. The molecule has 0 bridgehead atoms. The van der Waals surface area contributed by atoms with Gasteiger partial charge in [0.2, 0.25) is 0 Å². The van der Waals surface area contributed by atoms with Gasteiger partial charge in [-0.1, -0.05) is 13.8 Å². The van der Waals surface area contributed by atoms with Gasteiger partial charge in [-0.3, -0.25) is 4.79 Å². The van der Waals surface area contributed by atoms with Crippen molar-refractivity contribution in [2.24, 2.45) is 5.92 Å². The summed E-state index contributed by atoms with van der Waals surface area (Å²) in [6.45, 7) is 5.73. The molecule has 84 valence electrons. The van der Waals surface area contributed by atoms with Crippen LogP contribution in [0.1, 0.15) is 18.7 Å². The van der Waals surface area contributed by atoms with Crippen molar-refractivity contribution in [1.29, 1.82) is 0 Å². The van der Waals surface area contributed by atoms with E-state index in [1.165, 1.54) is 0 Å². The van der Waals surface area contributed by atoms with E-state index in [9.17, 15) is 4.79 Å². The van der Waals surface area contributed by atoms with E-state index >= 15 is 0 Å². The number of ketones is 1. The third-order valence-electron chi connectivity index (χ3n) is 2.22. The highest BCUT2D eigenvalue weighted by Gasteiger charge is 2.13. The molecular weight excluding hydrogens is 274 g/mol. The molecule has 1 heterocycles. The molecule has 2 nitrogen and oxygen atoms in total. The zero-order valence-electron chi connectivity index (χ0n) is 9.05. The summed E-state index contributed by atoms with van der Waals surface area (Å²) in [5, 5.41) is 5.20. The molecular formula is C11H16BrNOS. The lowest BCUT2D eigenvalue weighted by Crippen LogP contribution is -2.27. The van der Waals surface area contributed by atoms with E-state index in [0.717, 1.165) is 22.4 Å². The molecule has 0 aliphatic carbocycles. The summed E-state index contributed by atoms with van der Waals surface area (Å²) in [6, 6.07) is 2.02. The Morgan fingerprint density at radius 2 is 2.40 bits per heavy atom. The lowest BCUT2D eigenvalue weighted by Gasteiger charge is -2.09. The van der Waals surface area contributed by atoms with Crippen LogP contribution in [0, 0.1) is 5.92 Å². The van der Waals surface area contributed by atoms with Crippen molar-refractivity contribution in [2.45, 2.75) is 20.3 Å². The minimum atomic E-state index is 0.103. The Morgan fingerprint density at radius 1 is 1.67 bits per heavy atom. The van der Waals surface area contributed by atoms with E-state index in [-0.39, 0.29) is 5.92 Å². The summed E-state index contributed by atoms with van der Waals surface area (Å²) in [7, 11) is 0. The summed E-state index contributed by atoms with van der Waals surface area (Å²) < 4.78 is 1.06. The maximum atomic E-state index is 11.8. The van der Waals surface area contributed by atoms with Gasteiger partial charge in [0.05, 0.1) is 0 Å². The van der Waals surface area contributed by atoms with E-state index in [1.54, 1.807) is 11.3 Å². The van der Waals surface area contributed by atoms with Crippen LogP contribution >= 0.6 is 27.3 Å². The Kier molecular flexibility index (Phi) is 5.50. The summed E-state index contributed by atoms with van der Waals surface area (Å²) in [5.74, 6) is 0.413. The largest absolute Gasteiger partial charge is 0.316 e. The average Bonchev–Trinajstić information content (AvgIpc) is 2.60. The molecule has 1 unspecified atom stereocenters. The van der Waals surface area contributed by atoms with Crippen molar-refractivity contribution in [1.82, 2.24) is 5.32 Å². The second kappa shape index (κ2) is 6.40. The molecule has 15 heavy (non-hydrogen) atoms. The van der Waals surface area contributed by atoms with E-state index in [2.05, 4.69) is 21.2 Å².